The smallest absolute Gasteiger partial charge is 0.129 e. The van der Waals surface area contributed by atoms with Gasteiger partial charge in [-0.1, -0.05) is 48.4 Å². The van der Waals surface area contributed by atoms with Crippen LogP contribution in [0.4, 0.5) is 0 Å². The van der Waals surface area contributed by atoms with E-state index in [0.29, 0.717) is 6.42 Å². The first-order chi connectivity index (χ1) is 8.24. The van der Waals surface area contributed by atoms with Gasteiger partial charge in [-0.05, 0) is 18.9 Å². The number of nitrogens with one attached hydrogen (secondary N) is 1. The number of benzene rings is 1. The summed E-state index contributed by atoms with van der Waals surface area (Å²) in [5.41, 5.74) is 1.23. The van der Waals surface area contributed by atoms with Gasteiger partial charge in [0.15, 0.2) is 0 Å². The molecule has 0 fully saturated rings. The number of Topliss-reactive ketones (excluding diaryl/α,β-unsaturated/α-hetero) is 1. The lowest BCUT2D eigenvalue weighted by atomic mass is 10.0. The Morgan fingerprint density at radius 3 is 2.76 bits per heavy atom. The Bertz CT molecular complexity index is 350. The van der Waals surface area contributed by atoms with Crippen LogP contribution in [0.2, 0.25) is 0 Å². The van der Waals surface area contributed by atoms with Crippen LogP contribution in [-0.2, 0) is 4.79 Å². The van der Waals surface area contributed by atoms with E-state index in [1.807, 2.05) is 24.3 Å². The second kappa shape index (κ2) is 8.09. The Kier molecular flexibility index (Phi) is 6.67. The van der Waals surface area contributed by atoms with E-state index in [9.17, 15) is 4.79 Å². The second-order valence-electron chi connectivity index (χ2n) is 3.92. The zero-order chi connectivity index (χ0) is 12.5. The summed E-state index contributed by atoms with van der Waals surface area (Å²) in [7, 11) is 0. The molecule has 0 aliphatic heterocycles. The molecule has 0 aromatic heterocycles. The summed E-state index contributed by atoms with van der Waals surface area (Å²) in [6.45, 7) is 5.33. The first-order valence-electron chi connectivity index (χ1n) is 5.76. The molecule has 1 aromatic rings. The van der Waals surface area contributed by atoms with Crippen LogP contribution in [-0.4, -0.2) is 11.5 Å². The number of hydrogen-bond donors (Lipinski definition) is 1. The van der Waals surface area contributed by atoms with E-state index in [1.165, 1.54) is 5.56 Å². The monoisotopic (exact) mass is 249 g/mol. The van der Waals surface area contributed by atoms with Gasteiger partial charge in [-0.2, -0.15) is 0 Å². The molecule has 1 atom stereocenters. The van der Waals surface area contributed by atoms with Gasteiger partial charge in [0.25, 0.3) is 0 Å². The highest BCUT2D eigenvalue weighted by Gasteiger charge is 2.11. The van der Waals surface area contributed by atoms with Crippen molar-refractivity contribution in [1.82, 2.24) is 4.72 Å². The SMILES string of the molecule is C=CCSN[C@H](CCC(C)=O)c1ccccc1. The molecule has 0 unspecified atom stereocenters. The third-order valence-corrected chi connectivity index (χ3v) is 3.27. The molecule has 1 rings (SSSR count). The lowest BCUT2D eigenvalue weighted by Crippen LogP contribution is -2.15. The van der Waals surface area contributed by atoms with E-state index in [2.05, 4.69) is 23.4 Å². The second-order valence-corrected chi connectivity index (χ2v) is 4.78. The summed E-state index contributed by atoms with van der Waals surface area (Å²) in [5.74, 6) is 1.10. The Balaban J connectivity index is 2.58. The number of carbonyl (C=O) groups is 1. The van der Waals surface area contributed by atoms with Crippen LogP contribution in [0, 0.1) is 0 Å². The summed E-state index contributed by atoms with van der Waals surface area (Å²) in [6.07, 6.45) is 3.31. The number of ketones is 1. The van der Waals surface area contributed by atoms with Crippen molar-refractivity contribution >= 4 is 17.7 Å². The third kappa shape index (κ3) is 5.71. The highest BCUT2D eigenvalue weighted by molar-refractivity contribution is 7.97. The van der Waals surface area contributed by atoms with Crippen molar-refractivity contribution < 1.29 is 4.79 Å². The molecule has 0 radical (unpaired) electrons. The Hall–Kier alpha value is -1.06. The Morgan fingerprint density at radius 2 is 2.18 bits per heavy atom. The molecular weight excluding hydrogens is 230 g/mol. The van der Waals surface area contributed by atoms with Crippen LogP contribution >= 0.6 is 11.9 Å². The lowest BCUT2D eigenvalue weighted by molar-refractivity contribution is -0.117. The van der Waals surface area contributed by atoms with Crippen LogP contribution in [0.1, 0.15) is 31.4 Å². The summed E-state index contributed by atoms with van der Waals surface area (Å²) in [4.78, 5) is 11.1. The summed E-state index contributed by atoms with van der Waals surface area (Å²) >= 11 is 1.63. The average molecular weight is 249 g/mol. The molecule has 1 aromatic carbocycles. The molecule has 0 aliphatic rings. The van der Waals surface area contributed by atoms with Gasteiger partial charge in [0, 0.05) is 18.2 Å². The van der Waals surface area contributed by atoms with Crippen molar-refractivity contribution in [2.75, 3.05) is 5.75 Å². The van der Waals surface area contributed by atoms with Gasteiger partial charge in [-0.25, -0.2) is 0 Å². The average Bonchev–Trinajstić information content (AvgIpc) is 2.34. The molecule has 0 aliphatic carbocycles. The molecule has 1 N–H and O–H groups in total. The summed E-state index contributed by atoms with van der Waals surface area (Å²) < 4.78 is 3.39. The number of hydrogen-bond acceptors (Lipinski definition) is 3. The molecule has 3 heteroatoms. The summed E-state index contributed by atoms with van der Waals surface area (Å²) in [6, 6.07) is 10.5. The fraction of sp³-hybridized carbons (Fsp3) is 0.357. The van der Waals surface area contributed by atoms with E-state index in [-0.39, 0.29) is 11.8 Å². The standard InChI is InChI=1S/C14H19NOS/c1-3-11-17-15-14(10-9-12(2)16)13-7-5-4-6-8-13/h3-8,14-15H,1,9-11H2,2H3/t14-/m1/s1. The first-order valence-corrected chi connectivity index (χ1v) is 6.75. The molecule has 0 saturated carbocycles. The Morgan fingerprint density at radius 1 is 1.47 bits per heavy atom. The third-order valence-electron chi connectivity index (χ3n) is 2.41. The van der Waals surface area contributed by atoms with Crippen LogP contribution < -0.4 is 4.72 Å². The molecule has 17 heavy (non-hydrogen) atoms. The molecule has 0 heterocycles. The zero-order valence-electron chi connectivity index (χ0n) is 10.2. The molecular formula is C14H19NOS. The van der Waals surface area contributed by atoms with Crippen LogP contribution in [0.3, 0.4) is 0 Å². The van der Waals surface area contributed by atoms with Gasteiger partial charge < -0.3 is 4.79 Å². The van der Waals surface area contributed by atoms with Gasteiger partial charge in [0.05, 0.1) is 0 Å². The van der Waals surface area contributed by atoms with Crippen molar-refractivity contribution in [3.05, 3.63) is 48.6 Å². The fourth-order valence-electron chi connectivity index (χ4n) is 1.53. The van der Waals surface area contributed by atoms with E-state index >= 15 is 0 Å². The number of carbonyl (C=O) groups excluding carboxylic acids is 1. The highest BCUT2D eigenvalue weighted by atomic mass is 32.2. The first kappa shape index (κ1) is 14.0. The van der Waals surface area contributed by atoms with E-state index in [0.717, 1.165) is 12.2 Å². The minimum atomic E-state index is 0.227. The maximum atomic E-state index is 11.1. The Labute approximate surface area is 108 Å². The zero-order valence-corrected chi connectivity index (χ0v) is 11.0. The van der Waals surface area contributed by atoms with Gasteiger partial charge >= 0.3 is 0 Å². The molecule has 2 nitrogen and oxygen atoms in total. The molecule has 92 valence electrons. The summed E-state index contributed by atoms with van der Waals surface area (Å²) in [5, 5.41) is 0. The van der Waals surface area contributed by atoms with Gasteiger partial charge in [-0.15, -0.1) is 6.58 Å². The van der Waals surface area contributed by atoms with Crippen molar-refractivity contribution in [1.29, 1.82) is 0 Å². The lowest BCUT2D eigenvalue weighted by Gasteiger charge is -2.17. The fourth-order valence-corrected chi connectivity index (χ4v) is 2.20. The van der Waals surface area contributed by atoms with Gasteiger partial charge in [0.2, 0.25) is 0 Å². The van der Waals surface area contributed by atoms with Crippen molar-refractivity contribution in [3.63, 3.8) is 0 Å². The number of rotatable bonds is 8. The highest BCUT2D eigenvalue weighted by Crippen LogP contribution is 2.21. The van der Waals surface area contributed by atoms with Gasteiger partial charge in [0.1, 0.15) is 5.78 Å². The normalized spacial score (nSPS) is 12.1. The predicted octanol–water partition coefficient (Wildman–Crippen LogP) is 3.52. The molecule has 0 spiro atoms. The van der Waals surface area contributed by atoms with Crippen molar-refractivity contribution in [2.24, 2.45) is 0 Å². The van der Waals surface area contributed by atoms with Crippen LogP contribution in [0.25, 0.3) is 0 Å². The largest absolute Gasteiger partial charge is 0.300 e. The van der Waals surface area contributed by atoms with E-state index < -0.39 is 0 Å². The van der Waals surface area contributed by atoms with E-state index in [1.54, 1.807) is 18.9 Å². The maximum absolute atomic E-state index is 11.1. The van der Waals surface area contributed by atoms with Crippen molar-refractivity contribution in [2.45, 2.75) is 25.8 Å². The molecule has 0 amide bonds. The predicted molar refractivity (Wildman–Crippen MR) is 74.9 cm³/mol. The maximum Gasteiger partial charge on any atom is 0.129 e. The minimum absolute atomic E-state index is 0.227. The minimum Gasteiger partial charge on any atom is -0.300 e. The van der Waals surface area contributed by atoms with Gasteiger partial charge in [-0.3, -0.25) is 4.72 Å². The van der Waals surface area contributed by atoms with Crippen LogP contribution in [0.15, 0.2) is 43.0 Å². The molecule has 0 saturated heterocycles. The quantitative estimate of drug-likeness (QED) is 0.434. The van der Waals surface area contributed by atoms with Crippen LogP contribution in [0.5, 0.6) is 0 Å². The van der Waals surface area contributed by atoms with E-state index in [4.69, 9.17) is 0 Å². The topological polar surface area (TPSA) is 29.1 Å². The molecule has 0 bridgehead atoms. The van der Waals surface area contributed by atoms with Crippen molar-refractivity contribution in [3.8, 4) is 0 Å².